The zero-order chi connectivity index (χ0) is 15.6. The smallest absolute Gasteiger partial charge is 0.109 e. The van der Waals surface area contributed by atoms with Gasteiger partial charge in [-0.25, -0.2) is 4.39 Å². The van der Waals surface area contributed by atoms with Gasteiger partial charge in [0.25, 0.3) is 0 Å². The summed E-state index contributed by atoms with van der Waals surface area (Å²) in [6.45, 7) is 2.33. The van der Waals surface area contributed by atoms with E-state index in [4.69, 9.17) is 0 Å². The normalized spacial score (nSPS) is 20.9. The van der Waals surface area contributed by atoms with Gasteiger partial charge in [-0.3, -0.25) is 4.90 Å². The molecule has 1 fully saturated rings. The summed E-state index contributed by atoms with van der Waals surface area (Å²) in [4.78, 5) is 4.80. The summed E-state index contributed by atoms with van der Waals surface area (Å²) < 4.78 is 13.3. The van der Waals surface area contributed by atoms with Crippen molar-refractivity contribution in [3.8, 4) is 11.1 Å². The molecule has 2 nitrogen and oxygen atoms in total. The van der Waals surface area contributed by atoms with Gasteiger partial charge in [0.1, 0.15) is 12.8 Å². The summed E-state index contributed by atoms with van der Waals surface area (Å²) >= 11 is 0. The summed E-state index contributed by atoms with van der Waals surface area (Å²) in [5, 5.41) is 0. The van der Waals surface area contributed by atoms with E-state index in [0.717, 1.165) is 13.1 Å². The molecular formula is C20H23FN2. The number of fused-ring (bicyclic) bond motifs is 3. The minimum Gasteiger partial charge on any atom is -0.349 e. The number of benzene rings is 2. The molecule has 3 heteroatoms. The Morgan fingerprint density at radius 3 is 2.35 bits per heavy atom. The molecule has 2 aliphatic rings. The monoisotopic (exact) mass is 310 g/mol. The molecule has 0 spiro atoms. The van der Waals surface area contributed by atoms with Crippen molar-refractivity contribution in [2.45, 2.75) is 25.4 Å². The highest BCUT2D eigenvalue weighted by Gasteiger charge is 2.34. The molecule has 2 aliphatic heterocycles. The van der Waals surface area contributed by atoms with Crippen molar-refractivity contribution in [3.05, 3.63) is 54.1 Å². The lowest BCUT2D eigenvalue weighted by atomic mass is 9.90. The average Bonchev–Trinajstić information content (AvgIpc) is 2.63. The molecule has 23 heavy (non-hydrogen) atoms. The van der Waals surface area contributed by atoms with Crippen molar-refractivity contribution in [1.82, 2.24) is 4.90 Å². The van der Waals surface area contributed by atoms with Crippen LogP contribution in [0.5, 0.6) is 0 Å². The lowest BCUT2D eigenvalue weighted by Crippen LogP contribution is -2.46. The number of para-hydroxylation sites is 1. The van der Waals surface area contributed by atoms with Crippen molar-refractivity contribution in [2.24, 2.45) is 0 Å². The van der Waals surface area contributed by atoms with Crippen molar-refractivity contribution in [1.29, 1.82) is 0 Å². The van der Waals surface area contributed by atoms with Gasteiger partial charge in [-0.15, -0.1) is 0 Å². The van der Waals surface area contributed by atoms with Gasteiger partial charge in [0.05, 0.1) is 0 Å². The van der Waals surface area contributed by atoms with Crippen LogP contribution in [0.2, 0.25) is 0 Å². The minimum absolute atomic E-state index is 0.164. The highest BCUT2D eigenvalue weighted by molar-refractivity contribution is 5.84. The zero-order valence-corrected chi connectivity index (χ0v) is 13.4. The maximum absolute atomic E-state index is 13.3. The number of piperidine rings is 1. The number of likely N-dealkylation sites (tertiary alicyclic amines) is 1. The van der Waals surface area contributed by atoms with E-state index in [1.165, 1.54) is 41.6 Å². The Hall–Kier alpha value is -1.87. The van der Waals surface area contributed by atoms with Gasteiger partial charge in [-0.1, -0.05) is 48.9 Å². The molecule has 1 atom stereocenters. The number of nitrogens with zero attached hydrogens (tertiary/aromatic N) is 2. The minimum atomic E-state index is -0.319. The number of rotatable bonds is 3. The summed E-state index contributed by atoms with van der Waals surface area (Å²) in [5.74, 6) is 0. The largest absolute Gasteiger partial charge is 0.349 e. The zero-order valence-electron chi connectivity index (χ0n) is 13.4. The fourth-order valence-corrected chi connectivity index (χ4v) is 4.11. The molecule has 0 amide bonds. The first kappa shape index (κ1) is 14.7. The molecule has 0 bridgehead atoms. The topological polar surface area (TPSA) is 6.48 Å². The van der Waals surface area contributed by atoms with E-state index in [1.54, 1.807) is 0 Å². The molecule has 120 valence electrons. The maximum atomic E-state index is 13.3. The van der Waals surface area contributed by atoms with Crippen LogP contribution in [0.4, 0.5) is 10.1 Å². The van der Waals surface area contributed by atoms with Crippen LogP contribution in [0, 0.1) is 0 Å². The fraction of sp³-hybridized carbons (Fsp3) is 0.400. The first-order chi connectivity index (χ1) is 11.4. The standard InChI is InChI=1S/C20H23FN2/c21-12-15-23-19-11-5-4-9-17(19)16-8-2-3-10-18(16)20(23)22-13-6-1-7-14-22/h2-5,8-11,20H,1,6-7,12-15H2. The third kappa shape index (κ3) is 2.53. The van der Waals surface area contributed by atoms with Crippen LogP contribution in [-0.4, -0.2) is 31.2 Å². The Balaban J connectivity index is 1.86. The van der Waals surface area contributed by atoms with Gasteiger partial charge >= 0.3 is 0 Å². The third-order valence-electron chi connectivity index (χ3n) is 5.10. The van der Waals surface area contributed by atoms with Crippen molar-refractivity contribution >= 4 is 5.69 Å². The Morgan fingerprint density at radius 2 is 1.57 bits per heavy atom. The molecule has 0 N–H and O–H groups in total. The van der Waals surface area contributed by atoms with E-state index < -0.39 is 0 Å². The molecule has 0 radical (unpaired) electrons. The maximum Gasteiger partial charge on any atom is 0.109 e. The van der Waals surface area contributed by atoms with Crippen molar-refractivity contribution < 1.29 is 4.39 Å². The van der Waals surface area contributed by atoms with Crippen LogP contribution >= 0.6 is 0 Å². The lowest BCUT2D eigenvalue weighted by molar-refractivity contribution is 0.156. The van der Waals surface area contributed by atoms with Crippen LogP contribution < -0.4 is 4.90 Å². The van der Waals surface area contributed by atoms with Gasteiger partial charge in [-0.05, 0) is 30.0 Å². The number of alkyl halides is 1. The lowest BCUT2D eigenvalue weighted by Gasteiger charge is -2.46. The Bertz CT molecular complexity index is 679. The number of hydrogen-bond acceptors (Lipinski definition) is 2. The van der Waals surface area contributed by atoms with Gasteiger partial charge < -0.3 is 4.90 Å². The molecule has 2 heterocycles. The van der Waals surface area contributed by atoms with E-state index in [9.17, 15) is 4.39 Å². The average molecular weight is 310 g/mol. The Kier molecular flexibility index (Phi) is 4.04. The van der Waals surface area contributed by atoms with E-state index in [0.29, 0.717) is 6.54 Å². The number of hydrogen-bond donors (Lipinski definition) is 0. The molecular weight excluding hydrogens is 287 g/mol. The van der Waals surface area contributed by atoms with Crippen molar-refractivity contribution in [3.63, 3.8) is 0 Å². The van der Waals surface area contributed by atoms with Crippen LogP contribution in [0.25, 0.3) is 11.1 Å². The molecule has 0 aliphatic carbocycles. The van der Waals surface area contributed by atoms with Crippen LogP contribution in [0.15, 0.2) is 48.5 Å². The van der Waals surface area contributed by atoms with Gasteiger partial charge in [-0.2, -0.15) is 0 Å². The second kappa shape index (κ2) is 6.32. The first-order valence-electron chi connectivity index (χ1n) is 8.65. The molecule has 0 aromatic heterocycles. The van der Waals surface area contributed by atoms with Crippen LogP contribution in [0.3, 0.4) is 0 Å². The predicted octanol–water partition coefficient (Wildman–Crippen LogP) is 4.63. The molecule has 2 aromatic carbocycles. The predicted molar refractivity (Wildman–Crippen MR) is 93.4 cm³/mol. The molecule has 4 rings (SSSR count). The summed E-state index contributed by atoms with van der Waals surface area (Å²) in [6.07, 6.45) is 3.95. The molecule has 1 unspecified atom stereocenters. The van der Waals surface area contributed by atoms with E-state index in [-0.39, 0.29) is 12.8 Å². The first-order valence-corrected chi connectivity index (χ1v) is 8.65. The summed E-state index contributed by atoms with van der Waals surface area (Å²) in [6, 6.07) is 17.1. The highest BCUT2D eigenvalue weighted by Crippen LogP contribution is 2.46. The van der Waals surface area contributed by atoms with Gasteiger partial charge in [0.2, 0.25) is 0 Å². The van der Waals surface area contributed by atoms with Gasteiger partial charge in [0, 0.05) is 30.9 Å². The molecule has 0 saturated carbocycles. The molecule has 2 aromatic rings. The third-order valence-corrected chi connectivity index (χ3v) is 5.10. The number of halogens is 1. The van der Waals surface area contributed by atoms with Crippen LogP contribution in [0.1, 0.15) is 31.0 Å². The SMILES string of the molecule is FCCN1c2ccccc2-c2ccccc2C1N1CCCCC1. The molecule has 1 saturated heterocycles. The van der Waals surface area contributed by atoms with E-state index in [1.807, 2.05) is 0 Å². The highest BCUT2D eigenvalue weighted by atomic mass is 19.1. The van der Waals surface area contributed by atoms with E-state index in [2.05, 4.69) is 58.3 Å². The van der Waals surface area contributed by atoms with Crippen molar-refractivity contribution in [2.75, 3.05) is 31.2 Å². The Morgan fingerprint density at radius 1 is 0.870 bits per heavy atom. The quantitative estimate of drug-likeness (QED) is 0.815. The second-order valence-corrected chi connectivity index (χ2v) is 6.46. The number of anilines is 1. The fourth-order valence-electron chi connectivity index (χ4n) is 4.11. The van der Waals surface area contributed by atoms with Crippen LogP contribution in [-0.2, 0) is 0 Å². The van der Waals surface area contributed by atoms with Gasteiger partial charge in [0.15, 0.2) is 0 Å². The summed E-state index contributed by atoms with van der Waals surface area (Å²) in [7, 11) is 0. The Labute approximate surface area is 137 Å². The van der Waals surface area contributed by atoms with E-state index >= 15 is 0 Å². The summed E-state index contributed by atoms with van der Waals surface area (Å²) in [5.41, 5.74) is 5.01. The second-order valence-electron chi connectivity index (χ2n) is 6.46.